The number of carbonyl (C=O) groups is 4. The largest absolute Gasteiger partial charge is 0.481 e. The molecule has 0 aliphatic carbocycles. The molecule has 11 heteroatoms. The molecule has 2 atom stereocenters. The van der Waals surface area contributed by atoms with Gasteiger partial charge in [-0.1, -0.05) is 56.0 Å². The maximum absolute atomic E-state index is 11.5. The zero-order valence-corrected chi connectivity index (χ0v) is 20.9. The minimum atomic E-state index is -0.663. The van der Waals surface area contributed by atoms with Crippen LogP contribution in [0, 0.1) is 0 Å². The topological polar surface area (TPSA) is 101 Å². The van der Waals surface area contributed by atoms with Crippen LogP contribution >= 0.6 is 43.2 Å². The Bertz CT molecular complexity index is 592. The minimum Gasteiger partial charge on any atom is -0.481 e. The molecule has 3 saturated heterocycles. The fraction of sp³-hybridized carbons (Fsp3) is 0.800. The highest BCUT2D eigenvalue weighted by Crippen LogP contribution is 2.40. The second kappa shape index (κ2) is 15.3. The van der Waals surface area contributed by atoms with Gasteiger partial charge in [0.15, 0.2) is 0 Å². The lowest BCUT2D eigenvalue weighted by molar-refractivity contribution is -0.197. The number of hydrogen-bond donors (Lipinski definition) is 1. The summed E-state index contributed by atoms with van der Waals surface area (Å²) < 4.78 is 0. The van der Waals surface area contributed by atoms with Gasteiger partial charge in [-0.15, -0.1) is 5.06 Å². The molecule has 2 amide bonds. The van der Waals surface area contributed by atoms with Crippen LogP contribution in [0.25, 0.3) is 0 Å². The summed E-state index contributed by atoms with van der Waals surface area (Å²) >= 11 is 0. The molecule has 3 rings (SSSR count). The van der Waals surface area contributed by atoms with E-state index in [-0.39, 0.29) is 19.3 Å². The van der Waals surface area contributed by atoms with E-state index in [0.29, 0.717) is 16.7 Å². The van der Waals surface area contributed by atoms with Gasteiger partial charge in [-0.2, -0.15) is 0 Å². The van der Waals surface area contributed by atoms with Crippen LogP contribution in [0.5, 0.6) is 0 Å². The third kappa shape index (κ3) is 11.3. The van der Waals surface area contributed by atoms with Crippen LogP contribution in [0.3, 0.4) is 0 Å². The summed E-state index contributed by atoms with van der Waals surface area (Å²) in [4.78, 5) is 49.0. The Balaban J connectivity index is 0.000000245. The van der Waals surface area contributed by atoms with Crippen molar-refractivity contribution in [3.63, 3.8) is 0 Å². The normalized spacial score (nSPS) is 23.0. The number of imide groups is 1. The van der Waals surface area contributed by atoms with Crippen molar-refractivity contribution >= 4 is 66.9 Å². The molecular weight excluding hydrogens is 478 g/mol. The number of hydroxylamine groups is 2. The van der Waals surface area contributed by atoms with E-state index < -0.39 is 23.8 Å². The van der Waals surface area contributed by atoms with Crippen molar-refractivity contribution in [2.24, 2.45) is 0 Å². The summed E-state index contributed by atoms with van der Waals surface area (Å²) in [6, 6.07) is 0. The molecule has 0 unspecified atom stereocenters. The van der Waals surface area contributed by atoms with Crippen LogP contribution in [0.15, 0.2) is 0 Å². The molecule has 31 heavy (non-hydrogen) atoms. The van der Waals surface area contributed by atoms with E-state index >= 15 is 0 Å². The van der Waals surface area contributed by atoms with Crippen LogP contribution < -0.4 is 0 Å². The fourth-order valence-electron chi connectivity index (χ4n) is 3.22. The first kappa shape index (κ1) is 26.7. The lowest BCUT2D eigenvalue weighted by atomic mass is 10.1. The Kier molecular flexibility index (Phi) is 13.2. The van der Waals surface area contributed by atoms with Crippen molar-refractivity contribution in [1.82, 2.24) is 5.06 Å². The zero-order chi connectivity index (χ0) is 22.5. The molecule has 0 saturated carbocycles. The number of rotatable bonds is 11. The van der Waals surface area contributed by atoms with Gasteiger partial charge in [-0.3, -0.25) is 14.4 Å². The summed E-state index contributed by atoms with van der Waals surface area (Å²) in [5.74, 6) is 0.501. The van der Waals surface area contributed by atoms with Gasteiger partial charge < -0.3 is 9.94 Å². The van der Waals surface area contributed by atoms with E-state index in [9.17, 15) is 19.2 Å². The van der Waals surface area contributed by atoms with Crippen molar-refractivity contribution in [3.8, 4) is 0 Å². The molecule has 0 radical (unpaired) electrons. The molecule has 3 fully saturated rings. The van der Waals surface area contributed by atoms with Crippen molar-refractivity contribution in [2.45, 2.75) is 87.5 Å². The molecule has 0 aromatic rings. The number of aliphatic carboxylic acids is 1. The van der Waals surface area contributed by atoms with Crippen LogP contribution in [-0.4, -0.2) is 55.9 Å². The quantitative estimate of drug-likeness (QED) is 0.230. The van der Waals surface area contributed by atoms with E-state index in [1.165, 1.54) is 30.8 Å². The first-order valence-electron chi connectivity index (χ1n) is 10.8. The maximum Gasteiger partial charge on any atom is 0.333 e. The molecule has 0 spiro atoms. The Morgan fingerprint density at radius 2 is 1.39 bits per heavy atom. The first-order valence-corrected chi connectivity index (χ1v) is 15.6. The molecule has 3 aliphatic rings. The monoisotopic (exact) mass is 509 g/mol. The Labute approximate surface area is 199 Å². The molecule has 3 aliphatic heterocycles. The lowest BCUT2D eigenvalue weighted by Gasteiger charge is -2.12. The number of carbonyl (C=O) groups excluding carboxylic acids is 3. The average molecular weight is 510 g/mol. The highest BCUT2D eigenvalue weighted by atomic mass is 33.1. The summed E-state index contributed by atoms with van der Waals surface area (Å²) in [6.07, 6.45) is 9.40. The van der Waals surface area contributed by atoms with E-state index in [0.717, 1.165) is 37.4 Å². The highest BCUT2D eigenvalue weighted by molar-refractivity contribution is 8.77. The predicted molar refractivity (Wildman–Crippen MR) is 129 cm³/mol. The molecular formula is C20H31NO6S4. The van der Waals surface area contributed by atoms with Gasteiger partial charge in [-0.05, 0) is 38.5 Å². The number of hydrogen-bond acceptors (Lipinski definition) is 9. The number of carboxylic acid groups (broad SMARTS) is 1. The van der Waals surface area contributed by atoms with E-state index in [1.54, 1.807) is 0 Å². The standard InChI is InChI=1S/C12H17NO4S2.C8H14O2S2/c14-10-5-6-11(15)13(10)17-12(16)4-2-1-3-9-7-8-18-19-9;9-8(10)4-2-1-3-7-5-6-11-12-7/h9H,1-8H2;7H,1-6H2,(H,9,10)/t9-;7-/m11/s1. The van der Waals surface area contributed by atoms with Gasteiger partial charge in [0.2, 0.25) is 0 Å². The van der Waals surface area contributed by atoms with Gasteiger partial charge in [0, 0.05) is 47.7 Å². The van der Waals surface area contributed by atoms with Gasteiger partial charge in [0.05, 0.1) is 0 Å². The lowest BCUT2D eigenvalue weighted by Crippen LogP contribution is -2.31. The molecule has 0 bridgehead atoms. The summed E-state index contributed by atoms with van der Waals surface area (Å²) in [6.45, 7) is 0. The fourth-order valence-corrected chi connectivity index (χ4v) is 9.28. The number of unbranched alkanes of at least 4 members (excludes halogenated alkanes) is 2. The zero-order valence-electron chi connectivity index (χ0n) is 17.6. The number of carboxylic acids is 1. The smallest absolute Gasteiger partial charge is 0.333 e. The summed E-state index contributed by atoms with van der Waals surface area (Å²) in [5.41, 5.74) is 0. The van der Waals surface area contributed by atoms with Gasteiger partial charge in [-0.25, -0.2) is 4.79 Å². The van der Waals surface area contributed by atoms with Crippen molar-refractivity contribution < 1.29 is 29.1 Å². The SMILES string of the molecule is O=C(CCCC[C@@H]1CCSS1)ON1C(=O)CCC1=O.O=C(O)CCCC[C@@H]1CCSS1. The Morgan fingerprint density at radius 1 is 0.871 bits per heavy atom. The Morgan fingerprint density at radius 3 is 1.84 bits per heavy atom. The second-order valence-corrected chi connectivity index (χ2v) is 13.2. The third-order valence-corrected chi connectivity index (χ3v) is 11.0. The maximum atomic E-state index is 11.5. The Hall–Kier alpha value is -0.520. The van der Waals surface area contributed by atoms with E-state index in [1.807, 2.05) is 43.2 Å². The number of nitrogens with zero attached hydrogens (tertiary/aromatic N) is 1. The first-order chi connectivity index (χ1) is 15.0. The van der Waals surface area contributed by atoms with Gasteiger partial charge >= 0.3 is 11.9 Å². The molecule has 176 valence electrons. The number of amides is 2. The second-order valence-electron chi connectivity index (χ2n) is 7.59. The predicted octanol–water partition coefficient (Wildman–Crippen LogP) is 5.09. The van der Waals surface area contributed by atoms with Gasteiger partial charge in [0.25, 0.3) is 11.8 Å². The molecule has 1 N–H and O–H groups in total. The van der Waals surface area contributed by atoms with Crippen molar-refractivity contribution in [3.05, 3.63) is 0 Å². The van der Waals surface area contributed by atoms with Crippen molar-refractivity contribution in [1.29, 1.82) is 0 Å². The third-order valence-electron chi connectivity index (χ3n) is 4.98. The minimum absolute atomic E-state index is 0.142. The summed E-state index contributed by atoms with van der Waals surface area (Å²) in [5, 5.41) is 10.5. The molecule has 0 aromatic carbocycles. The van der Waals surface area contributed by atoms with Crippen LogP contribution in [-0.2, 0) is 24.0 Å². The highest BCUT2D eigenvalue weighted by Gasteiger charge is 2.32. The van der Waals surface area contributed by atoms with Crippen molar-refractivity contribution in [2.75, 3.05) is 11.5 Å². The van der Waals surface area contributed by atoms with Gasteiger partial charge in [0.1, 0.15) is 0 Å². The molecule has 3 heterocycles. The van der Waals surface area contributed by atoms with E-state index in [2.05, 4.69) is 0 Å². The van der Waals surface area contributed by atoms with Crippen LogP contribution in [0.1, 0.15) is 77.0 Å². The van der Waals surface area contributed by atoms with Crippen LogP contribution in [0.4, 0.5) is 0 Å². The van der Waals surface area contributed by atoms with E-state index in [4.69, 9.17) is 9.94 Å². The average Bonchev–Trinajstić information content (AvgIpc) is 3.49. The summed E-state index contributed by atoms with van der Waals surface area (Å²) in [7, 11) is 7.76. The molecule has 7 nitrogen and oxygen atoms in total. The molecule has 0 aromatic heterocycles. The van der Waals surface area contributed by atoms with Crippen LogP contribution in [0.2, 0.25) is 0 Å².